The molecule has 3 aromatic heterocycles. The average Bonchev–Trinajstić information content (AvgIpc) is 3.74. The van der Waals surface area contributed by atoms with E-state index in [2.05, 4.69) is 30.5 Å². The maximum absolute atomic E-state index is 15.4. The standard InChI is InChI=1S/C27H20ClF4N9O2/c28-16-2-4-18(40-12-35-37-38-40)21(23(16)30)13-7-14-1-3-19(41(14)20(42)8-13)25-34-9-17(36-25)15-5-6-33-24(22(15)29)26(43)39-10-27(31,32)11-39/h2,4-6,8-9,12,14,19H,1,3,7,10-11H2,(H,34,36)/t14-,19+/m1/s1. The maximum Gasteiger partial charge on any atom is 0.282 e. The Bertz CT molecular complexity index is 1800. The molecule has 3 aliphatic heterocycles. The van der Waals surface area contributed by atoms with Gasteiger partial charge in [-0.15, -0.1) is 5.10 Å². The number of benzene rings is 1. The Labute approximate surface area is 245 Å². The van der Waals surface area contributed by atoms with Gasteiger partial charge in [-0.3, -0.25) is 9.59 Å². The first-order valence-electron chi connectivity index (χ1n) is 13.2. The number of aromatic nitrogens is 7. The molecular formula is C27H20ClF4N9O2. The van der Waals surface area contributed by atoms with Crippen molar-refractivity contribution in [2.24, 2.45) is 0 Å². The van der Waals surface area contributed by atoms with Gasteiger partial charge in [0, 0.05) is 29.4 Å². The number of pyridine rings is 1. The van der Waals surface area contributed by atoms with Gasteiger partial charge in [0.05, 0.1) is 41.7 Å². The van der Waals surface area contributed by atoms with E-state index < -0.39 is 48.3 Å². The van der Waals surface area contributed by atoms with Gasteiger partial charge < -0.3 is 14.8 Å². The van der Waals surface area contributed by atoms with Gasteiger partial charge in [0.1, 0.15) is 12.2 Å². The minimum absolute atomic E-state index is 0.0161. The number of nitrogens with one attached hydrogen (secondary N) is 1. The summed E-state index contributed by atoms with van der Waals surface area (Å²) in [5.41, 5.74) is 0.574. The third-order valence-corrected chi connectivity index (χ3v) is 8.22. The second kappa shape index (κ2) is 9.97. The Kier molecular flexibility index (Phi) is 6.30. The molecule has 2 fully saturated rings. The molecule has 7 rings (SSSR count). The SMILES string of the molecule is O=C(c1nccc(-c2cnc([C@@H]3CC[C@@H]4CC(c5c(-n6cnnn6)ccc(Cl)c5F)=CC(=O)N43)[nH]2)c1F)N1CC(F)(F)C1. The van der Waals surface area contributed by atoms with E-state index in [0.717, 1.165) is 4.90 Å². The predicted octanol–water partition coefficient (Wildman–Crippen LogP) is 3.99. The van der Waals surface area contributed by atoms with E-state index in [0.29, 0.717) is 36.3 Å². The van der Waals surface area contributed by atoms with E-state index in [-0.39, 0.29) is 33.8 Å². The van der Waals surface area contributed by atoms with Gasteiger partial charge in [0.15, 0.2) is 17.3 Å². The fourth-order valence-electron chi connectivity index (χ4n) is 5.95. The van der Waals surface area contributed by atoms with Crippen LogP contribution in [0.2, 0.25) is 5.02 Å². The van der Waals surface area contributed by atoms with Gasteiger partial charge in [0.25, 0.3) is 11.8 Å². The summed E-state index contributed by atoms with van der Waals surface area (Å²) in [5.74, 6) is -5.54. The number of carbonyl (C=O) groups excluding carboxylic acids is 2. The van der Waals surface area contributed by atoms with Crippen LogP contribution in [0.5, 0.6) is 0 Å². The highest BCUT2D eigenvalue weighted by molar-refractivity contribution is 6.31. The Hall–Kier alpha value is -4.66. The van der Waals surface area contributed by atoms with Gasteiger partial charge in [-0.1, -0.05) is 11.6 Å². The molecule has 2 atom stereocenters. The zero-order valence-corrected chi connectivity index (χ0v) is 22.8. The number of hydrogen-bond acceptors (Lipinski definition) is 7. The summed E-state index contributed by atoms with van der Waals surface area (Å²) in [6.45, 7) is -1.59. The first-order chi connectivity index (χ1) is 20.6. The van der Waals surface area contributed by atoms with E-state index in [1.165, 1.54) is 41.6 Å². The zero-order valence-electron chi connectivity index (χ0n) is 22.0. The molecule has 1 N–H and O–H groups in total. The number of aromatic amines is 1. The second-order valence-electron chi connectivity index (χ2n) is 10.6. The molecule has 0 saturated carbocycles. The lowest BCUT2D eigenvalue weighted by atomic mass is 9.92. The van der Waals surface area contributed by atoms with Crippen molar-refractivity contribution in [2.75, 3.05) is 13.1 Å². The molecule has 6 heterocycles. The Morgan fingerprint density at radius 2 is 1.91 bits per heavy atom. The average molecular weight is 614 g/mol. The van der Waals surface area contributed by atoms with Crippen molar-refractivity contribution in [3.63, 3.8) is 0 Å². The molecule has 0 radical (unpaired) electrons. The van der Waals surface area contributed by atoms with Gasteiger partial charge in [0.2, 0.25) is 5.91 Å². The van der Waals surface area contributed by atoms with Crippen molar-refractivity contribution in [1.82, 2.24) is 45.0 Å². The number of alkyl halides is 2. The predicted molar refractivity (Wildman–Crippen MR) is 142 cm³/mol. The Morgan fingerprint density at radius 1 is 1.09 bits per heavy atom. The van der Waals surface area contributed by atoms with Gasteiger partial charge in [-0.2, -0.15) is 4.68 Å². The molecule has 220 valence electrons. The highest BCUT2D eigenvalue weighted by Gasteiger charge is 2.47. The van der Waals surface area contributed by atoms with Crippen LogP contribution < -0.4 is 0 Å². The smallest absolute Gasteiger partial charge is 0.282 e. The van der Waals surface area contributed by atoms with E-state index in [9.17, 15) is 18.4 Å². The molecule has 11 nitrogen and oxygen atoms in total. The topological polar surface area (TPSA) is 126 Å². The van der Waals surface area contributed by atoms with Crippen molar-refractivity contribution in [3.8, 4) is 16.9 Å². The fourth-order valence-corrected chi connectivity index (χ4v) is 6.11. The van der Waals surface area contributed by atoms with Crippen LogP contribution in [0.25, 0.3) is 22.5 Å². The molecule has 1 aromatic carbocycles. The van der Waals surface area contributed by atoms with Gasteiger partial charge >= 0.3 is 0 Å². The van der Waals surface area contributed by atoms with Crippen LogP contribution in [0, 0.1) is 11.6 Å². The lowest BCUT2D eigenvalue weighted by Crippen LogP contribution is -2.58. The molecule has 4 aromatic rings. The Balaban J connectivity index is 1.16. The van der Waals surface area contributed by atoms with Crippen LogP contribution >= 0.6 is 11.6 Å². The van der Waals surface area contributed by atoms with Gasteiger partial charge in [-0.05, 0) is 53.5 Å². The molecule has 3 aliphatic rings. The quantitative estimate of drug-likeness (QED) is 0.337. The number of fused-ring (bicyclic) bond motifs is 1. The van der Waals surface area contributed by atoms with E-state index in [1.54, 1.807) is 11.0 Å². The van der Waals surface area contributed by atoms with Crippen molar-refractivity contribution in [1.29, 1.82) is 0 Å². The summed E-state index contributed by atoms with van der Waals surface area (Å²) in [6, 6.07) is 3.56. The van der Waals surface area contributed by atoms with Crippen LogP contribution in [0.15, 0.2) is 43.0 Å². The minimum Gasteiger partial charge on any atom is -0.340 e. The molecule has 16 heteroatoms. The number of amides is 2. The highest BCUT2D eigenvalue weighted by atomic mass is 35.5. The Morgan fingerprint density at radius 3 is 2.65 bits per heavy atom. The largest absolute Gasteiger partial charge is 0.340 e. The zero-order chi connectivity index (χ0) is 30.0. The third kappa shape index (κ3) is 4.54. The summed E-state index contributed by atoms with van der Waals surface area (Å²) in [4.78, 5) is 39.7. The van der Waals surface area contributed by atoms with Crippen LogP contribution in [0.4, 0.5) is 17.6 Å². The molecule has 0 bridgehead atoms. The summed E-state index contributed by atoms with van der Waals surface area (Å²) in [6.07, 6.45) is 6.74. The van der Waals surface area contributed by atoms with Crippen LogP contribution in [0.1, 0.15) is 47.2 Å². The molecule has 2 saturated heterocycles. The number of nitrogens with zero attached hydrogens (tertiary/aromatic N) is 8. The molecular weight excluding hydrogens is 594 g/mol. The first kappa shape index (κ1) is 27.2. The minimum atomic E-state index is -3.00. The number of H-pyrrole nitrogens is 1. The number of halogens is 5. The molecule has 0 aliphatic carbocycles. The van der Waals surface area contributed by atoms with Crippen molar-refractivity contribution in [2.45, 2.75) is 37.3 Å². The molecule has 0 spiro atoms. The lowest BCUT2D eigenvalue weighted by molar-refractivity contribution is -0.129. The van der Waals surface area contributed by atoms with Crippen molar-refractivity contribution < 1.29 is 27.2 Å². The summed E-state index contributed by atoms with van der Waals surface area (Å²) in [5, 5.41) is 11.0. The van der Waals surface area contributed by atoms with E-state index in [1.807, 2.05) is 0 Å². The van der Waals surface area contributed by atoms with Crippen LogP contribution in [-0.2, 0) is 4.79 Å². The van der Waals surface area contributed by atoms with Gasteiger partial charge in [-0.25, -0.2) is 27.5 Å². The van der Waals surface area contributed by atoms with E-state index in [4.69, 9.17) is 11.6 Å². The third-order valence-electron chi connectivity index (χ3n) is 7.92. The summed E-state index contributed by atoms with van der Waals surface area (Å²) in [7, 11) is 0. The molecule has 0 unspecified atom stereocenters. The first-order valence-corrected chi connectivity index (χ1v) is 13.6. The summed E-state index contributed by atoms with van der Waals surface area (Å²) >= 11 is 6.09. The second-order valence-corrected chi connectivity index (χ2v) is 11.0. The number of rotatable bonds is 5. The van der Waals surface area contributed by atoms with Crippen molar-refractivity contribution in [3.05, 3.63) is 76.7 Å². The van der Waals surface area contributed by atoms with E-state index >= 15 is 8.78 Å². The summed E-state index contributed by atoms with van der Waals surface area (Å²) < 4.78 is 58.5. The molecule has 43 heavy (non-hydrogen) atoms. The fraction of sp³-hybridized carbons (Fsp3) is 0.296. The normalized spacial score (nSPS) is 21.0. The maximum atomic E-state index is 15.4. The molecule has 2 amide bonds. The monoisotopic (exact) mass is 613 g/mol. The number of imidazole rings is 1. The number of hydrogen-bond donors (Lipinski definition) is 1. The van der Waals surface area contributed by atoms with Crippen LogP contribution in [-0.4, -0.2) is 81.8 Å². The number of tetrazole rings is 1. The number of likely N-dealkylation sites (tertiary alicyclic amines) is 1. The highest BCUT2D eigenvalue weighted by Crippen LogP contribution is 2.44. The number of carbonyl (C=O) groups is 2. The van der Waals surface area contributed by atoms with Crippen molar-refractivity contribution >= 4 is 29.0 Å². The lowest BCUT2D eigenvalue weighted by Gasteiger charge is -2.38. The van der Waals surface area contributed by atoms with Crippen LogP contribution in [0.3, 0.4) is 0 Å².